The molecule has 2 aromatic heterocycles. The molecule has 6 nitrogen and oxygen atoms in total. The van der Waals surface area contributed by atoms with Gasteiger partial charge in [0.15, 0.2) is 10.8 Å². The number of rotatable bonds is 4. The van der Waals surface area contributed by atoms with Crippen molar-refractivity contribution in [1.29, 1.82) is 0 Å². The molecule has 0 radical (unpaired) electrons. The molecule has 0 saturated carbocycles. The van der Waals surface area contributed by atoms with Gasteiger partial charge in [0.1, 0.15) is 11.0 Å². The van der Waals surface area contributed by atoms with Crippen LogP contribution >= 0.6 is 34.7 Å². The molecule has 9 heteroatoms. The largest absolute Gasteiger partial charge is 0.461 e. The van der Waals surface area contributed by atoms with Crippen LogP contribution in [0.3, 0.4) is 0 Å². The molecule has 0 fully saturated rings. The van der Waals surface area contributed by atoms with Crippen molar-refractivity contribution in [2.24, 2.45) is 0 Å². The number of fused-ring (bicyclic) bond motifs is 1. The van der Waals surface area contributed by atoms with Crippen molar-refractivity contribution in [1.82, 2.24) is 13.7 Å². The standard InChI is InChI=1S/C12H9ClN4O2S2/c1-2-19-11(18)8-5-20-12(14-8)15-9-6(13)3-4-7-10(9)17-21-16-7/h3-5H,2H2,1H3,(H,14,15). The summed E-state index contributed by atoms with van der Waals surface area (Å²) in [6, 6.07) is 3.55. The lowest BCUT2D eigenvalue weighted by Gasteiger charge is -2.05. The van der Waals surface area contributed by atoms with Gasteiger partial charge in [-0.15, -0.1) is 11.3 Å². The van der Waals surface area contributed by atoms with Crippen LogP contribution < -0.4 is 5.32 Å². The molecule has 0 bridgehead atoms. The first-order chi connectivity index (χ1) is 10.2. The molecule has 1 N–H and O–H groups in total. The number of hydrogen-bond acceptors (Lipinski definition) is 8. The number of esters is 1. The zero-order valence-electron chi connectivity index (χ0n) is 10.8. The third-order valence-corrected chi connectivity index (χ3v) is 4.21. The molecule has 3 rings (SSSR count). The number of anilines is 2. The van der Waals surface area contributed by atoms with Gasteiger partial charge >= 0.3 is 5.97 Å². The number of ether oxygens (including phenoxy) is 1. The minimum absolute atomic E-state index is 0.268. The van der Waals surface area contributed by atoms with Crippen LogP contribution in [0.4, 0.5) is 10.8 Å². The maximum absolute atomic E-state index is 11.6. The predicted molar refractivity (Wildman–Crippen MR) is 83.8 cm³/mol. The van der Waals surface area contributed by atoms with E-state index in [0.717, 1.165) is 17.2 Å². The third kappa shape index (κ3) is 2.82. The third-order valence-electron chi connectivity index (χ3n) is 2.60. The number of aromatic nitrogens is 3. The summed E-state index contributed by atoms with van der Waals surface area (Å²) in [6.07, 6.45) is 0. The van der Waals surface area contributed by atoms with E-state index in [1.165, 1.54) is 11.3 Å². The molecule has 0 aliphatic heterocycles. The van der Waals surface area contributed by atoms with Gasteiger partial charge in [0.05, 0.1) is 29.0 Å². The zero-order valence-corrected chi connectivity index (χ0v) is 13.2. The summed E-state index contributed by atoms with van der Waals surface area (Å²) in [5.74, 6) is -0.443. The minimum Gasteiger partial charge on any atom is -0.461 e. The summed E-state index contributed by atoms with van der Waals surface area (Å²) in [7, 11) is 0. The Morgan fingerprint density at radius 2 is 2.29 bits per heavy atom. The van der Waals surface area contributed by atoms with Gasteiger partial charge in [0, 0.05) is 5.38 Å². The van der Waals surface area contributed by atoms with Gasteiger partial charge in [-0.05, 0) is 19.1 Å². The number of hydrogen-bond donors (Lipinski definition) is 1. The first-order valence-electron chi connectivity index (χ1n) is 5.99. The lowest BCUT2D eigenvalue weighted by molar-refractivity contribution is 0.0520. The van der Waals surface area contributed by atoms with E-state index < -0.39 is 5.97 Å². The zero-order chi connectivity index (χ0) is 14.8. The number of nitrogens with one attached hydrogen (secondary N) is 1. The monoisotopic (exact) mass is 340 g/mol. The normalized spacial score (nSPS) is 10.8. The highest BCUT2D eigenvalue weighted by atomic mass is 35.5. The molecule has 2 heterocycles. The van der Waals surface area contributed by atoms with E-state index in [1.807, 2.05) is 0 Å². The van der Waals surface area contributed by atoms with E-state index >= 15 is 0 Å². The van der Waals surface area contributed by atoms with Crippen LogP contribution in [0.1, 0.15) is 17.4 Å². The molecule has 0 atom stereocenters. The molecule has 0 aliphatic rings. The van der Waals surface area contributed by atoms with Crippen molar-refractivity contribution in [3.63, 3.8) is 0 Å². The summed E-state index contributed by atoms with van der Waals surface area (Å²) < 4.78 is 13.3. The van der Waals surface area contributed by atoms with Gasteiger partial charge in [-0.25, -0.2) is 9.78 Å². The maximum atomic E-state index is 11.6. The Balaban J connectivity index is 1.90. The number of benzene rings is 1. The summed E-state index contributed by atoms with van der Waals surface area (Å²) in [6.45, 7) is 2.06. The minimum atomic E-state index is -0.443. The van der Waals surface area contributed by atoms with Crippen LogP contribution in [0, 0.1) is 0 Å². The van der Waals surface area contributed by atoms with E-state index in [2.05, 4.69) is 19.0 Å². The fourth-order valence-electron chi connectivity index (χ4n) is 1.68. The predicted octanol–water partition coefficient (Wildman–Crippen LogP) is 3.72. The van der Waals surface area contributed by atoms with Crippen LogP contribution in [-0.2, 0) is 4.74 Å². The highest BCUT2D eigenvalue weighted by Crippen LogP contribution is 2.33. The SMILES string of the molecule is CCOC(=O)c1csc(Nc2c(Cl)ccc3nsnc23)n1. The Labute approximate surface area is 133 Å². The van der Waals surface area contributed by atoms with Crippen LogP contribution in [-0.4, -0.2) is 26.3 Å². The second-order valence-corrected chi connectivity index (χ2v) is 5.73. The Hall–Kier alpha value is -1.77. The molecular formula is C12H9ClN4O2S2. The Kier molecular flexibility index (Phi) is 4.00. The molecule has 0 amide bonds. The Morgan fingerprint density at radius 1 is 1.43 bits per heavy atom. The molecule has 3 aromatic rings. The topological polar surface area (TPSA) is 77.0 Å². The van der Waals surface area contributed by atoms with Gasteiger partial charge in [0.2, 0.25) is 0 Å². The second kappa shape index (κ2) is 5.92. The van der Waals surface area contributed by atoms with Gasteiger partial charge < -0.3 is 10.1 Å². The highest BCUT2D eigenvalue weighted by Gasteiger charge is 2.15. The molecular weight excluding hydrogens is 332 g/mol. The first-order valence-corrected chi connectivity index (χ1v) is 7.98. The number of carbonyl (C=O) groups is 1. The average molecular weight is 341 g/mol. The molecule has 108 valence electrons. The van der Waals surface area contributed by atoms with Crippen molar-refractivity contribution in [2.75, 3.05) is 11.9 Å². The first kappa shape index (κ1) is 14.2. The number of nitrogens with zero attached hydrogens (tertiary/aromatic N) is 3. The van der Waals surface area contributed by atoms with Crippen molar-refractivity contribution < 1.29 is 9.53 Å². The molecule has 21 heavy (non-hydrogen) atoms. The summed E-state index contributed by atoms with van der Waals surface area (Å²) in [5, 5.41) is 5.78. The van der Waals surface area contributed by atoms with E-state index in [0.29, 0.717) is 28.0 Å². The highest BCUT2D eigenvalue weighted by molar-refractivity contribution is 7.14. The summed E-state index contributed by atoms with van der Waals surface area (Å²) in [4.78, 5) is 15.8. The fourth-order valence-corrected chi connectivity index (χ4v) is 3.11. The van der Waals surface area contributed by atoms with Gasteiger partial charge in [0.25, 0.3) is 0 Å². The van der Waals surface area contributed by atoms with Gasteiger partial charge in [-0.1, -0.05) is 11.6 Å². The van der Waals surface area contributed by atoms with Crippen molar-refractivity contribution >= 4 is 62.5 Å². The van der Waals surface area contributed by atoms with E-state index in [-0.39, 0.29) is 5.69 Å². The van der Waals surface area contributed by atoms with E-state index in [9.17, 15) is 4.79 Å². The Morgan fingerprint density at radius 3 is 3.10 bits per heavy atom. The maximum Gasteiger partial charge on any atom is 0.357 e. The fraction of sp³-hybridized carbons (Fsp3) is 0.167. The average Bonchev–Trinajstić information content (AvgIpc) is 3.11. The molecule has 0 unspecified atom stereocenters. The lowest BCUT2D eigenvalue weighted by Crippen LogP contribution is -2.05. The second-order valence-electron chi connectivity index (χ2n) is 3.94. The van der Waals surface area contributed by atoms with Crippen molar-refractivity contribution in [3.8, 4) is 0 Å². The van der Waals surface area contributed by atoms with Gasteiger partial charge in [-0.3, -0.25) is 0 Å². The van der Waals surface area contributed by atoms with Crippen molar-refractivity contribution in [2.45, 2.75) is 6.92 Å². The number of thiazole rings is 1. The summed E-state index contributed by atoms with van der Waals surface area (Å²) >= 11 is 8.59. The summed E-state index contributed by atoms with van der Waals surface area (Å²) in [5.41, 5.74) is 2.34. The molecule has 0 aliphatic carbocycles. The number of carbonyl (C=O) groups excluding carboxylic acids is 1. The molecule has 0 spiro atoms. The molecule has 1 aromatic carbocycles. The quantitative estimate of drug-likeness (QED) is 0.729. The van der Waals surface area contributed by atoms with E-state index in [4.69, 9.17) is 16.3 Å². The van der Waals surface area contributed by atoms with E-state index in [1.54, 1.807) is 24.4 Å². The lowest BCUT2D eigenvalue weighted by atomic mass is 10.2. The van der Waals surface area contributed by atoms with Crippen LogP contribution in [0.25, 0.3) is 11.0 Å². The van der Waals surface area contributed by atoms with Crippen LogP contribution in [0.5, 0.6) is 0 Å². The van der Waals surface area contributed by atoms with Crippen molar-refractivity contribution in [3.05, 3.63) is 28.2 Å². The van der Waals surface area contributed by atoms with Crippen LogP contribution in [0.2, 0.25) is 5.02 Å². The Bertz CT molecular complexity index is 802. The molecule has 0 saturated heterocycles. The number of halogens is 1. The van der Waals surface area contributed by atoms with Gasteiger partial charge in [-0.2, -0.15) is 8.75 Å². The van der Waals surface area contributed by atoms with Crippen LogP contribution in [0.15, 0.2) is 17.5 Å². The smallest absolute Gasteiger partial charge is 0.357 e.